The third-order valence-corrected chi connectivity index (χ3v) is 6.25. The molecule has 29 heavy (non-hydrogen) atoms. The molecule has 3 aromatic rings. The molecular formula is C21H25N5O2S. The molecule has 1 aromatic carbocycles. The van der Waals surface area contributed by atoms with Crippen LogP contribution in [0, 0.1) is 5.92 Å². The predicted octanol–water partition coefficient (Wildman–Crippen LogP) is 2.61. The van der Waals surface area contributed by atoms with Gasteiger partial charge in [0.15, 0.2) is 0 Å². The Bertz CT molecular complexity index is 1040. The van der Waals surface area contributed by atoms with E-state index in [0.717, 1.165) is 38.0 Å². The van der Waals surface area contributed by atoms with Crippen LogP contribution in [0.1, 0.15) is 31.0 Å². The summed E-state index contributed by atoms with van der Waals surface area (Å²) in [5.74, 6) is 0.696. The van der Waals surface area contributed by atoms with Crippen molar-refractivity contribution >= 4 is 27.3 Å². The number of carbonyl (C=O) groups excluding carboxylic acids is 1. The lowest BCUT2D eigenvalue weighted by molar-refractivity contribution is -0.130. The maximum absolute atomic E-state index is 12.6. The Morgan fingerprint density at radius 1 is 1.24 bits per heavy atom. The second-order valence-corrected chi connectivity index (χ2v) is 8.36. The average molecular weight is 412 g/mol. The fourth-order valence-electron chi connectivity index (χ4n) is 3.71. The first-order chi connectivity index (χ1) is 14.1. The number of nitrogens with zero attached hydrogens (tertiary/aromatic N) is 4. The lowest BCUT2D eigenvalue weighted by Gasteiger charge is -2.32. The fourth-order valence-corrected chi connectivity index (χ4v) is 4.53. The number of rotatable bonds is 6. The molecule has 0 atom stereocenters. The molecule has 0 aliphatic carbocycles. The van der Waals surface area contributed by atoms with Crippen LogP contribution in [-0.4, -0.2) is 45.0 Å². The molecule has 1 aliphatic heterocycles. The third-order valence-electron chi connectivity index (χ3n) is 5.39. The highest BCUT2D eigenvalue weighted by atomic mass is 32.1. The topological polar surface area (TPSA) is 79.6 Å². The largest absolute Gasteiger partial charge is 0.351 e. The van der Waals surface area contributed by atoms with E-state index in [0.29, 0.717) is 22.4 Å². The Labute approximate surface area is 173 Å². The number of hydrogen-bond donors (Lipinski definition) is 1. The SMILES string of the molecule is CCc1cc(=O)n2nc(NCC(=O)N3CCC(Cc4ccccc4)CC3)sc2n1. The summed E-state index contributed by atoms with van der Waals surface area (Å²) in [6, 6.07) is 12.0. The molecule has 7 nitrogen and oxygen atoms in total. The van der Waals surface area contributed by atoms with Crippen molar-refractivity contribution in [2.24, 2.45) is 5.92 Å². The van der Waals surface area contributed by atoms with E-state index in [2.05, 4.69) is 39.7 Å². The van der Waals surface area contributed by atoms with Crippen LogP contribution in [0.3, 0.4) is 0 Å². The van der Waals surface area contributed by atoms with Gasteiger partial charge in [0.1, 0.15) is 0 Å². The molecule has 1 aliphatic rings. The summed E-state index contributed by atoms with van der Waals surface area (Å²) < 4.78 is 1.28. The number of piperidine rings is 1. The summed E-state index contributed by atoms with van der Waals surface area (Å²) in [4.78, 5) is 31.5. The van der Waals surface area contributed by atoms with Crippen LogP contribution >= 0.6 is 11.3 Å². The zero-order valence-electron chi connectivity index (χ0n) is 16.5. The number of aryl methyl sites for hydroxylation is 1. The molecule has 0 spiro atoms. The summed E-state index contributed by atoms with van der Waals surface area (Å²) in [7, 11) is 0. The van der Waals surface area contributed by atoms with Crippen molar-refractivity contribution in [2.45, 2.75) is 32.6 Å². The molecule has 0 unspecified atom stereocenters. The number of fused-ring (bicyclic) bond motifs is 1. The lowest BCUT2D eigenvalue weighted by Crippen LogP contribution is -2.41. The maximum Gasteiger partial charge on any atom is 0.275 e. The molecule has 1 N–H and O–H groups in total. The van der Waals surface area contributed by atoms with E-state index in [9.17, 15) is 9.59 Å². The highest BCUT2D eigenvalue weighted by molar-refractivity contribution is 7.20. The van der Waals surface area contributed by atoms with Gasteiger partial charge in [0.05, 0.1) is 6.54 Å². The minimum Gasteiger partial charge on any atom is -0.351 e. The van der Waals surface area contributed by atoms with Crippen LogP contribution in [0.5, 0.6) is 0 Å². The Morgan fingerprint density at radius 2 is 2.00 bits per heavy atom. The molecule has 1 amide bonds. The van der Waals surface area contributed by atoms with E-state index in [4.69, 9.17) is 0 Å². The Morgan fingerprint density at radius 3 is 2.72 bits per heavy atom. The maximum atomic E-state index is 12.6. The van der Waals surface area contributed by atoms with Gasteiger partial charge in [-0.15, -0.1) is 5.10 Å². The second-order valence-electron chi connectivity index (χ2n) is 7.41. The van der Waals surface area contributed by atoms with Gasteiger partial charge >= 0.3 is 0 Å². The van der Waals surface area contributed by atoms with Gasteiger partial charge in [0.2, 0.25) is 16.0 Å². The monoisotopic (exact) mass is 411 g/mol. The average Bonchev–Trinajstić information content (AvgIpc) is 3.17. The van der Waals surface area contributed by atoms with Crippen LogP contribution in [-0.2, 0) is 17.6 Å². The van der Waals surface area contributed by atoms with E-state index in [1.807, 2.05) is 17.9 Å². The van der Waals surface area contributed by atoms with Gasteiger partial charge in [-0.25, -0.2) is 4.98 Å². The van der Waals surface area contributed by atoms with Crippen molar-refractivity contribution in [3.63, 3.8) is 0 Å². The molecule has 1 saturated heterocycles. The number of hydrogen-bond acceptors (Lipinski definition) is 6. The van der Waals surface area contributed by atoms with Crippen molar-refractivity contribution in [3.8, 4) is 0 Å². The molecule has 152 valence electrons. The highest BCUT2D eigenvalue weighted by Gasteiger charge is 2.23. The predicted molar refractivity (Wildman–Crippen MR) is 114 cm³/mol. The molecular weight excluding hydrogens is 386 g/mol. The summed E-state index contributed by atoms with van der Waals surface area (Å²) in [5, 5.41) is 7.84. The first kappa shape index (κ1) is 19.6. The van der Waals surface area contributed by atoms with E-state index in [-0.39, 0.29) is 18.0 Å². The Balaban J connectivity index is 1.30. The van der Waals surface area contributed by atoms with Gasteiger partial charge in [-0.1, -0.05) is 48.6 Å². The number of benzene rings is 1. The normalized spacial score (nSPS) is 15.0. The minimum atomic E-state index is -0.192. The number of amides is 1. The van der Waals surface area contributed by atoms with Gasteiger partial charge in [-0.05, 0) is 37.2 Å². The molecule has 0 saturated carbocycles. The second kappa shape index (κ2) is 8.73. The zero-order chi connectivity index (χ0) is 20.2. The molecule has 4 rings (SSSR count). The van der Waals surface area contributed by atoms with Crippen LogP contribution in [0.4, 0.5) is 5.13 Å². The lowest BCUT2D eigenvalue weighted by atomic mass is 9.90. The fraction of sp³-hybridized carbons (Fsp3) is 0.429. The van der Waals surface area contributed by atoms with Gasteiger partial charge in [-0.2, -0.15) is 4.52 Å². The summed E-state index contributed by atoms with van der Waals surface area (Å²) >= 11 is 1.29. The van der Waals surface area contributed by atoms with Crippen molar-refractivity contribution in [1.29, 1.82) is 0 Å². The van der Waals surface area contributed by atoms with E-state index >= 15 is 0 Å². The molecule has 0 bridgehead atoms. The minimum absolute atomic E-state index is 0.0666. The summed E-state index contributed by atoms with van der Waals surface area (Å²) in [6.45, 7) is 3.72. The molecule has 1 fully saturated rings. The standard InChI is InChI=1S/C21H25N5O2S/c1-2-17-13-18(27)26-21(23-17)29-20(24-26)22-14-19(28)25-10-8-16(9-11-25)12-15-6-4-3-5-7-15/h3-7,13,16H,2,8-12,14H2,1H3,(H,22,24). The molecule has 2 aromatic heterocycles. The van der Waals surface area contributed by atoms with Gasteiger partial charge < -0.3 is 10.2 Å². The third kappa shape index (κ3) is 4.64. The van der Waals surface area contributed by atoms with Crippen molar-refractivity contribution in [1.82, 2.24) is 19.5 Å². The quantitative estimate of drug-likeness (QED) is 0.674. The molecule has 8 heteroatoms. The van der Waals surface area contributed by atoms with Crippen LogP contribution in [0.25, 0.3) is 4.96 Å². The highest BCUT2D eigenvalue weighted by Crippen LogP contribution is 2.22. The number of aromatic nitrogens is 3. The van der Waals surface area contributed by atoms with Crippen LogP contribution in [0.15, 0.2) is 41.2 Å². The van der Waals surface area contributed by atoms with Crippen molar-refractivity contribution in [2.75, 3.05) is 25.0 Å². The number of nitrogens with one attached hydrogen (secondary N) is 1. The first-order valence-electron chi connectivity index (χ1n) is 10.1. The van der Waals surface area contributed by atoms with E-state index in [1.54, 1.807) is 0 Å². The Kier molecular flexibility index (Phi) is 5.89. The molecule has 3 heterocycles. The number of carbonyl (C=O) groups is 1. The summed E-state index contributed by atoms with van der Waals surface area (Å²) in [5.41, 5.74) is 1.92. The van der Waals surface area contributed by atoms with Gasteiger partial charge in [-0.3, -0.25) is 9.59 Å². The van der Waals surface area contributed by atoms with Crippen molar-refractivity contribution < 1.29 is 4.79 Å². The number of likely N-dealkylation sites (tertiary alicyclic amines) is 1. The van der Waals surface area contributed by atoms with E-state index < -0.39 is 0 Å². The van der Waals surface area contributed by atoms with E-state index in [1.165, 1.54) is 27.5 Å². The number of anilines is 1. The van der Waals surface area contributed by atoms with Gasteiger partial charge in [0, 0.05) is 24.8 Å². The molecule has 0 radical (unpaired) electrons. The smallest absolute Gasteiger partial charge is 0.275 e. The zero-order valence-corrected chi connectivity index (χ0v) is 17.3. The summed E-state index contributed by atoms with van der Waals surface area (Å²) in [6.07, 6.45) is 3.83. The van der Waals surface area contributed by atoms with Crippen molar-refractivity contribution in [3.05, 3.63) is 58.0 Å². The van der Waals surface area contributed by atoms with Crippen LogP contribution in [0.2, 0.25) is 0 Å². The van der Waals surface area contributed by atoms with Gasteiger partial charge in [0.25, 0.3) is 5.56 Å². The van der Waals surface area contributed by atoms with Crippen LogP contribution < -0.4 is 10.9 Å². The Hall–Kier alpha value is -2.74. The first-order valence-corrected chi connectivity index (χ1v) is 10.9.